The Balaban J connectivity index is 1.50. The lowest BCUT2D eigenvalue weighted by Crippen LogP contribution is -2.28. The minimum Gasteiger partial charge on any atom is -0.454 e. The summed E-state index contributed by atoms with van der Waals surface area (Å²) in [7, 11) is 0. The fourth-order valence-corrected chi connectivity index (χ4v) is 2.75. The van der Waals surface area contributed by atoms with Crippen LogP contribution in [0, 0.1) is 0 Å². The molecule has 0 amide bonds. The minimum atomic E-state index is 0.334. The SMILES string of the molecule is CCC(CCc1ccccc1)NCc1ccc2c(c1)OCO2. The van der Waals surface area contributed by atoms with Gasteiger partial charge in [-0.25, -0.2) is 0 Å². The zero-order valence-electron chi connectivity index (χ0n) is 13.0. The molecule has 0 aliphatic carbocycles. The van der Waals surface area contributed by atoms with Crippen molar-refractivity contribution in [2.24, 2.45) is 0 Å². The van der Waals surface area contributed by atoms with E-state index in [1.807, 2.05) is 6.07 Å². The van der Waals surface area contributed by atoms with Gasteiger partial charge in [0.05, 0.1) is 0 Å². The standard InChI is InChI=1S/C19H23NO2/c1-2-17(10-8-15-6-4-3-5-7-15)20-13-16-9-11-18-19(12-16)22-14-21-18/h3-7,9,11-12,17,20H,2,8,10,13-14H2,1H3. The molecule has 0 aromatic heterocycles. The van der Waals surface area contributed by atoms with Gasteiger partial charge in [0.15, 0.2) is 11.5 Å². The zero-order chi connectivity index (χ0) is 15.2. The fourth-order valence-electron chi connectivity index (χ4n) is 2.75. The monoisotopic (exact) mass is 297 g/mol. The van der Waals surface area contributed by atoms with E-state index < -0.39 is 0 Å². The summed E-state index contributed by atoms with van der Waals surface area (Å²) in [5.74, 6) is 1.71. The maximum atomic E-state index is 5.43. The van der Waals surface area contributed by atoms with Gasteiger partial charge in [-0.05, 0) is 42.5 Å². The zero-order valence-corrected chi connectivity index (χ0v) is 13.0. The summed E-state index contributed by atoms with van der Waals surface area (Å²) >= 11 is 0. The Morgan fingerprint density at radius 1 is 1.00 bits per heavy atom. The molecule has 0 radical (unpaired) electrons. The molecule has 3 heteroatoms. The molecule has 0 bridgehead atoms. The van der Waals surface area contributed by atoms with Crippen LogP contribution >= 0.6 is 0 Å². The summed E-state index contributed by atoms with van der Waals surface area (Å²) in [5.41, 5.74) is 2.65. The highest BCUT2D eigenvalue weighted by Gasteiger charge is 2.13. The molecule has 0 saturated carbocycles. The van der Waals surface area contributed by atoms with E-state index in [0.29, 0.717) is 12.8 Å². The van der Waals surface area contributed by atoms with Crippen molar-refractivity contribution in [2.75, 3.05) is 6.79 Å². The normalized spacial score (nSPS) is 14.0. The van der Waals surface area contributed by atoms with Crippen molar-refractivity contribution < 1.29 is 9.47 Å². The molecule has 2 aromatic carbocycles. The number of hydrogen-bond donors (Lipinski definition) is 1. The number of fused-ring (bicyclic) bond motifs is 1. The van der Waals surface area contributed by atoms with E-state index in [1.165, 1.54) is 11.1 Å². The Kier molecular flexibility index (Phi) is 4.96. The lowest BCUT2D eigenvalue weighted by molar-refractivity contribution is 0.174. The van der Waals surface area contributed by atoms with Crippen molar-refractivity contribution in [3.05, 3.63) is 59.7 Å². The molecular formula is C19H23NO2. The summed E-state index contributed by atoms with van der Waals surface area (Å²) < 4.78 is 10.8. The lowest BCUT2D eigenvalue weighted by Gasteiger charge is -2.17. The van der Waals surface area contributed by atoms with E-state index in [0.717, 1.165) is 37.3 Å². The first-order chi connectivity index (χ1) is 10.8. The van der Waals surface area contributed by atoms with E-state index in [9.17, 15) is 0 Å². The maximum Gasteiger partial charge on any atom is 0.231 e. The van der Waals surface area contributed by atoms with E-state index in [4.69, 9.17) is 9.47 Å². The highest BCUT2D eigenvalue weighted by atomic mass is 16.7. The number of benzene rings is 2. The van der Waals surface area contributed by atoms with Crippen LogP contribution in [0.5, 0.6) is 11.5 Å². The molecule has 1 atom stereocenters. The molecule has 3 nitrogen and oxygen atoms in total. The second-order valence-corrected chi connectivity index (χ2v) is 5.70. The molecule has 0 spiro atoms. The molecule has 1 heterocycles. The van der Waals surface area contributed by atoms with Gasteiger partial charge in [-0.3, -0.25) is 0 Å². The number of hydrogen-bond acceptors (Lipinski definition) is 3. The van der Waals surface area contributed by atoms with Crippen molar-refractivity contribution in [1.82, 2.24) is 5.32 Å². The van der Waals surface area contributed by atoms with Crippen molar-refractivity contribution in [3.63, 3.8) is 0 Å². The summed E-state index contributed by atoms with van der Waals surface area (Å²) in [5, 5.41) is 3.65. The number of ether oxygens (including phenoxy) is 2. The van der Waals surface area contributed by atoms with Crippen molar-refractivity contribution >= 4 is 0 Å². The van der Waals surface area contributed by atoms with Crippen LogP contribution in [-0.4, -0.2) is 12.8 Å². The van der Waals surface area contributed by atoms with Crippen LogP contribution in [0.4, 0.5) is 0 Å². The first-order valence-corrected chi connectivity index (χ1v) is 8.01. The molecule has 116 valence electrons. The molecule has 1 N–H and O–H groups in total. The van der Waals surface area contributed by atoms with Gasteiger partial charge in [-0.15, -0.1) is 0 Å². The van der Waals surface area contributed by atoms with E-state index in [-0.39, 0.29) is 0 Å². The molecule has 22 heavy (non-hydrogen) atoms. The second kappa shape index (κ2) is 7.32. The Labute approximate surface area is 132 Å². The summed E-state index contributed by atoms with van der Waals surface area (Å²) in [4.78, 5) is 0. The van der Waals surface area contributed by atoms with E-state index in [2.05, 4.69) is 54.7 Å². The first-order valence-electron chi connectivity index (χ1n) is 8.01. The van der Waals surface area contributed by atoms with Crippen LogP contribution in [0.1, 0.15) is 30.9 Å². The van der Waals surface area contributed by atoms with E-state index >= 15 is 0 Å². The average Bonchev–Trinajstić information content (AvgIpc) is 3.03. The Bertz CT molecular complexity index is 598. The van der Waals surface area contributed by atoms with Crippen molar-refractivity contribution in [3.8, 4) is 11.5 Å². The van der Waals surface area contributed by atoms with Crippen LogP contribution in [0.3, 0.4) is 0 Å². The first kappa shape index (κ1) is 14.9. The third kappa shape index (κ3) is 3.80. The van der Waals surface area contributed by atoms with Gasteiger partial charge in [0.2, 0.25) is 6.79 Å². The second-order valence-electron chi connectivity index (χ2n) is 5.70. The molecule has 0 fully saturated rings. The topological polar surface area (TPSA) is 30.5 Å². The van der Waals surface area contributed by atoms with Gasteiger partial charge >= 0.3 is 0 Å². The minimum absolute atomic E-state index is 0.334. The van der Waals surface area contributed by atoms with Gasteiger partial charge in [-0.1, -0.05) is 43.3 Å². The Hall–Kier alpha value is -2.00. The fraction of sp³-hybridized carbons (Fsp3) is 0.368. The van der Waals surface area contributed by atoms with Crippen LogP contribution in [0.15, 0.2) is 48.5 Å². The Morgan fingerprint density at radius 2 is 1.82 bits per heavy atom. The third-order valence-corrected chi connectivity index (χ3v) is 4.15. The third-order valence-electron chi connectivity index (χ3n) is 4.15. The van der Waals surface area contributed by atoms with Crippen LogP contribution in [-0.2, 0) is 13.0 Å². The van der Waals surface area contributed by atoms with Crippen molar-refractivity contribution in [1.29, 1.82) is 0 Å². The molecular weight excluding hydrogens is 274 g/mol. The van der Waals surface area contributed by atoms with Gasteiger partial charge in [0, 0.05) is 12.6 Å². The number of rotatable bonds is 7. The molecule has 0 saturated heterocycles. The van der Waals surface area contributed by atoms with Gasteiger partial charge in [0.25, 0.3) is 0 Å². The smallest absolute Gasteiger partial charge is 0.231 e. The van der Waals surface area contributed by atoms with E-state index in [1.54, 1.807) is 0 Å². The molecule has 1 unspecified atom stereocenters. The van der Waals surface area contributed by atoms with Crippen LogP contribution in [0.2, 0.25) is 0 Å². The molecule has 1 aliphatic heterocycles. The van der Waals surface area contributed by atoms with Gasteiger partial charge in [-0.2, -0.15) is 0 Å². The predicted molar refractivity (Wildman–Crippen MR) is 88.2 cm³/mol. The van der Waals surface area contributed by atoms with Crippen LogP contribution < -0.4 is 14.8 Å². The molecule has 2 aromatic rings. The summed E-state index contributed by atoms with van der Waals surface area (Å²) in [6, 6.07) is 17.4. The Morgan fingerprint density at radius 3 is 2.64 bits per heavy atom. The molecule has 1 aliphatic rings. The maximum absolute atomic E-state index is 5.43. The van der Waals surface area contributed by atoms with Gasteiger partial charge in [0.1, 0.15) is 0 Å². The largest absolute Gasteiger partial charge is 0.454 e. The lowest BCUT2D eigenvalue weighted by atomic mass is 10.0. The number of aryl methyl sites for hydroxylation is 1. The molecule has 3 rings (SSSR count). The quantitative estimate of drug-likeness (QED) is 0.840. The van der Waals surface area contributed by atoms with Crippen LogP contribution in [0.25, 0.3) is 0 Å². The highest BCUT2D eigenvalue weighted by Crippen LogP contribution is 2.32. The average molecular weight is 297 g/mol. The summed E-state index contributed by atoms with van der Waals surface area (Å²) in [6.45, 7) is 3.44. The summed E-state index contributed by atoms with van der Waals surface area (Å²) in [6.07, 6.45) is 3.41. The predicted octanol–water partition coefficient (Wildman–Crippen LogP) is 3.92. The highest BCUT2D eigenvalue weighted by molar-refractivity contribution is 5.44. The van der Waals surface area contributed by atoms with Gasteiger partial charge < -0.3 is 14.8 Å². The van der Waals surface area contributed by atoms with Crippen molar-refractivity contribution in [2.45, 2.75) is 38.8 Å². The number of nitrogens with one attached hydrogen (secondary N) is 1.